The number of hydrogen-bond donors (Lipinski definition) is 0. The van der Waals surface area contributed by atoms with Crippen LogP contribution < -0.4 is 4.74 Å². The largest absolute Gasteiger partial charge is 0.496 e. The highest BCUT2D eigenvalue weighted by molar-refractivity contribution is 9.10. The monoisotopic (exact) mass is 392 g/mol. The van der Waals surface area contributed by atoms with Crippen molar-refractivity contribution >= 4 is 27.7 Å². The van der Waals surface area contributed by atoms with Crippen molar-refractivity contribution in [1.82, 2.24) is 9.80 Å². The van der Waals surface area contributed by atoms with Gasteiger partial charge in [0.2, 0.25) is 0 Å². The maximum absolute atomic E-state index is 12.6. The zero-order chi connectivity index (χ0) is 17.1. The first-order valence-electron chi connectivity index (χ1n) is 7.57. The van der Waals surface area contributed by atoms with Crippen LogP contribution in [-0.2, 0) is 0 Å². The molecule has 1 aliphatic heterocycles. The van der Waals surface area contributed by atoms with Gasteiger partial charge in [0.1, 0.15) is 5.75 Å². The predicted octanol–water partition coefficient (Wildman–Crippen LogP) is 2.65. The van der Waals surface area contributed by atoms with Crippen LogP contribution in [0.25, 0.3) is 0 Å². The summed E-state index contributed by atoms with van der Waals surface area (Å²) in [6.07, 6.45) is 0. The van der Waals surface area contributed by atoms with E-state index in [1.54, 1.807) is 41.2 Å². The van der Waals surface area contributed by atoms with Crippen molar-refractivity contribution in [2.45, 2.75) is 0 Å². The summed E-state index contributed by atoms with van der Waals surface area (Å²) >= 11 is 3.19. The van der Waals surface area contributed by atoms with Gasteiger partial charge < -0.3 is 19.0 Å². The lowest BCUT2D eigenvalue weighted by atomic mass is 10.1. The molecule has 2 amide bonds. The van der Waals surface area contributed by atoms with E-state index in [2.05, 4.69) is 15.9 Å². The smallest absolute Gasteiger partial charge is 0.289 e. The Balaban J connectivity index is 1.64. The van der Waals surface area contributed by atoms with E-state index in [-0.39, 0.29) is 11.8 Å². The summed E-state index contributed by atoms with van der Waals surface area (Å²) in [5.74, 6) is 0.609. The number of piperazine rings is 1. The molecule has 7 heteroatoms. The highest BCUT2D eigenvalue weighted by atomic mass is 79.9. The molecule has 1 aromatic carbocycles. The highest BCUT2D eigenvalue weighted by Crippen LogP contribution is 2.21. The van der Waals surface area contributed by atoms with Crippen LogP contribution in [0.1, 0.15) is 20.9 Å². The molecule has 0 aliphatic carbocycles. The van der Waals surface area contributed by atoms with Gasteiger partial charge in [-0.2, -0.15) is 0 Å². The van der Waals surface area contributed by atoms with E-state index < -0.39 is 0 Å². The van der Waals surface area contributed by atoms with Crippen molar-refractivity contribution in [2.24, 2.45) is 0 Å². The molecule has 2 aromatic rings. The molecular formula is C17H17BrN2O4. The van der Waals surface area contributed by atoms with Crippen LogP contribution in [0.4, 0.5) is 0 Å². The van der Waals surface area contributed by atoms with Gasteiger partial charge in [0.15, 0.2) is 10.4 Å². The Bertz CT molecular complexity index is 751. The number of amides is 2. The summed E-state index contributed by atoms with van der Waals surface area (Å²) in [4.78, 5) is 28.4. The Morgan fingerprint density at radius 1 is 1.00 bits per heavy atom. The Labute approximate surface area is 148 Å². The maximum atomic E-state index is 12.6. The van der Waals surface area contributed by atoms with Crippen LogP contribution in [0.15, 0.2) is 45.5 Å². The molecule has 2 heterocycles. The van der Waals surface area contributed by atoms with Gasteiger partial charge in [-0.25, -0.2) is 0 Å². The molecule has 0 saturated carbocycles. The first kappa shape index (κ1) is 16.6. The fourth-order valence-corrected chi connectivity index (χ4v) is 3.00. The molecule has 0 spiro atoms. The Morgan fingerprint density at radius 2 is 1.62 bits per heavy atom. The van der Waals surface area contributed by atoms with Crippen LogP contribution in [0, 0.1) is 0 Å². The summed E-state index contributed by atoms with van der Waals surface area (Å²) in [7, 11) is 1.55. The van der Waals surface area contributed by atoms with Crippen LogP contribution >= 0.6 is 15.9 Å². The lowest BCUT2D eigenvalue weighted by Crippen LogP contribution is -2.50. The molecule has 1 aromatic heterocycles. The molecule has 0 atom stereocenters. The SMILES string of the molecule is COc1ccccc1C(=O)N1CCN(C(=O)c2ccc(Br)o2)CC1. The predicted molar refractivity (Wildman–Crippen MR) is 91.2 cm³/mol. The molecule has 0 radical (unpaired) electrons. The fraction of sp³-hybridized carbons (Fsp3) is 0.294. The molecule has 0 unspecified atom stereocenters. The summed E-state index contributed by atoms with van der Waals surface area (Å²) in [6.45, 7) is 1.89. The number of furan rings is 1. The molecule has 126 valence electrons. The van der Waals surface area contributed by atoms with E-state index in [4.69, 9.17) is 9.15 Å². The highest BCUT2D eigenvalue weighted by Gasteiger charge is 2.27. The summed E-state index contributed by atoms with van der Waals surface area (Å²) in [6, 6.07) is 10.5. The lowest BCUT2D eigenvalue weighted by molar-refractivity contribution is 0.0515. The van der Waals surface area contributed by atoms with E-state index >= 15 is 0 Å². The van der Waals surface area contributed by atoms with E-state index in [1.807, 2.05) is 12.1 Å². The molecule has 3 rings (SSSR count). The lowest BCUT2D eigenvalue weighted by Gasteiger charge is -2.34. The van der Waals surface area contributed by atoms with E-state index in [1.165, 1.54) is 0 Å². The van der Waals surface area contributed by atoms with Crippen LogP contribution in [-0.4, -0.2) is 54.9 Å². The first-order valence-corrected chi connectivity index (χ1v) is 8.36. The molecule has 0 bridgehead atoms. The number of rotatable bonds is 3. The first-order chi connectivity index (χ1) is 11.6. The number of hydrogen-bond acceptors (Lipinski definition) is 4. The summed E-state index contributed by atoms with van der Waals surface area (Å²) in [5, 5.41) is 0. The normalized spacial score (nSPS) is 14.6. The molecule has 24 heavy (non-hydrogen) atoms. The molecule has 1 saturated heterocycles. The zero-order valence-electron chi connectivity index (χ0n) is 13.2. The quantitative estimate of drug-likeness (QED) is 0.805. The van der Waals surface area contributed by atoms with Crippen LogP contribution in [0.3, 0.4) is 0 Å². The molecule has 1 fully saturated rings. The number of para-hydroxylation sites is 1. The third kappa shape index (κ3) is 3.31. The van der Waals surface area contributed by atoms with Gasteiger partial charge in [0, 0.05) is 26.2 Å². The Hall–Kier alpha value is -2.28. The van der Waals surface area contributed by atoms with Gasteiger partial charge in [0.05, 0.1) is 12.7 Å². The van der Waals surface area contributed by atoms with Gasteiger partial charge in [0.25, 0.3) is 11.8 Å². The average molecular weight is 393 g/mol. The number of carbonyl (C=O) groups excluding carboxylic acids is 2. The van der Waals surface area contributed by atoms with E-state index in [0.717, 1.165) is 0 Å². The molecule has 6 nitrogen and oxygen atoms in total. The topological polar surface area (TPSA) is 63.0 Å². The van der Waals surface area contributed by atoms with Crippen LogP contribution in [0.2, 0.25) is 0 Å². The number of benzene rings is 1. The van der Waals surface area contributed by atoms with Crippen molar-refractivity contribution < 1.29 is 18.7 Å². The fourth-order valence-electron chi connectivity index (χ4n) is 2.69. The van der Waals surface area contributed by atoms with Crippen molar-refractivity contribution in [3.05, 3.63) is 52.4 Å². The van der Waals surface area contributed by atoms with Crippen LogP contribution in [0.5, 0.6) is 5.75 Å². The second kappa shape index (κ2) is 7.09. The van der Waals surface area contributed by atoms with Gasteiger partial charge in [-0.3, -0.25) is 9.59 Å². The van der Waals surface area contributed by atoms with Gasteiger partial charge >= 0.3 is 0 Å². The minimum Gasteiger partial charge on any atom is -0.496 e. The van der Waals surface area contributed by atoms with E-state index in [0.29, 0.717) is 47.9 Å². The number of carbonyl (C=O) groups is 2. The number of nitrogens with zero attached hydrogens (tertiary/aromatic N) is 2. The van der Waals surface area contributed by atoms with Crippen molar-refractivity contribution in [3.8, 4) is 5.75 Å². The average Bonchev–Trinajstić information content (AvgIpc) is 3.07. The Kier molecular flexibility index (Phi) is 4.89. The third-order valence-corrected chi connectivity index (χ3v) is 4.40. The summed E-state index contributed by atoms with van der Waals surface area (Å²) in [5.41, 5.74) is 0.537. The van der Waals surface area contributed by atoms with E-state index in [9.17, 15) is 9.59 Å². The minimum absolute atomic E-state index is 0.0831. The third-order valence-electron chi connectivity index (χ3n) is 3.98. The standard InChI is InChI=1S/C17H17BrN2O4/c1-23-13-5-3-2-4-12(13)16(21)19-8-10-20(11-9-19)17(22)14-6-7-15(18)24-14/h2-7H,8-11H2,1H3. The van der Waals surface area contributed by atoms with Gasteiger partial charge in [-0.05, 0) is 40.2 Å². The Morgan fingerprint density at radius 3 is 2.21 bits per heavy atom. The van der Waals surface area contributed by atoms with Crippen molar-refractivity contribution in [1.29, 1.82) is 0 Å². The number of methoxy groups -OCH3 is 1. The van der Waals surface area contributed by atoms with Gasteiger partial charge in [-0.15, -0.1) is 0 Å². The summed E-state index contributed by atoms with van der Waals surface area (Å²) < 4.78 is 11.1. The number of halogens is 1. The van der Waals surface area contributed by atoms with Gasteiger partial charge in [-0.1, -0.05) is 12.1 Å². The van der Waals surface area contributed by atoms with Crippen molar-refractivity contribution in [2.75, 3.05) is 33.3 Å². The zero-order valence-corrected chi connectivity index (χ0v) is 14.8. The molecular weight excluding hydrogens is 376 g/mol. The second-order valence-electron chi connectivity index (χ2n) is 5.39. The molecule has 0 N–H and O–H groups in total. The minimum atomic E-state index is -0.162. The second-order valence-corrected chi connectivity index (χ2v) is 6.17. The maximum Gasteiger partial charge on any atom is 0.289 e. The van der Waals surface area contributed by atoms with Crippen molar-refractivity contribution in [3.63, 3.8) is 0 Å². The number of ether oxygens (including phenoxy) is 1. The molecule has 1 aliphatic rings.